The zero-order valence-corrected chi connectivity index (χ0v) is 26.9. The number of aromatic nitrogens is 6. The van der Waals surface area contributed by atoms with E-state index < -0.39 is 28.6 Å². The number of hydrogen-bond acceptors (Lipinski definition) is 6. The number of nitrogens with one attached hydrogen (secondary N) is 1. The molecule has 7 rings (SSSR count). The Bertz CT molecular complexity index is 2090. The molecule has 0 unspecified atom stereocenters. The fourth-order valence-corrected chi connectivity index (χ4v) is 6.69. The molecule has 0 bridgehead atoms. The van der Waals surface area contributed by atoms with Crippen LogP contribution >= 0.6 is 0 Å². The minimum atomic E-state index is -0.632. The predicted molar refractivity (Wildman–Crippen MR) is 168 cm³/mol. The van der Waals surface area contributed by atoms with Crippen LogP contribution in [0.2, 0.25) is 0 Å². The normalized spacial score (nSPS) is 17.4. The van der Waals surface area contributed by atoms with E-state index in [2.05, 4.69) is 10.4 Å². The maximum absolute atomic E-state index is 15.7. The Morgan fingerprint density at radius 3 is 2.41 bits per heavy atom. The van der Waals surface area contributed by atoms with Crippen LogP contribution in [0.1, 0.15) is 56.1 Å². The molecule has 13 heteroatoms. The number of amides is 1. The number of hydrogen-bond donors (Lipinski definition) is 1. The van der Waals surface area contributed by atoms with Gasteiger partial charge in [-0.25, -0.2) is 23.1 Å². The smallest absolute Gasteiger partial charge is 0.410 e. The molecule has 46 heavy (non-hydrogen) atoms. The van der Waals surface area contributed by atoms with Crippen LogP contribution in [-0.4, -0.2) is 64.9 Å². The molecule has 5 aromatic rings. The van der Waals surface area contributed by atoms with Crippen molar-refractivity contribution in [3.05, 3.63) is 87.4 Å². The van der Waals surface area contributed by atoms with Crippen LogP contribution in [-0.2, 0) is 17.2 Å². The van der Waals surface area contributed by atoms with Crippen molar-refractivity contribution in [2.24, 2.45) is 7.05 Å². The van der Waals surface area contributed by atoms with E-state index in [1.165, 1.54) is 21.5 Å². The van der Waals surface area contributed by atoms with Gasteiger partial charge in [-0.15, -0.1) is 0 Å². The second kappa shape index (κ2) is 10.1. The van der Waals surface area contributed by atoms with Gasteiger partial charge in [0.05, 0.1) is 39.6 Å². The van der Waals surface area contributed by atoms with E-state index in [0.717, 1.165) is 11.3 Å². The molecule has 2 aromatic carbocycles. The van der Waals surface area contributed by atoms with Crippen molar-refractivity contribution in [3.63, 3.8) is 0 Å². The van der Waals surface area contributed by atoms with Gasteiger partial charge in [0, 0.05) is 50.7 Å². The summed E-state index contributed by atoms with van der Waals surface area (Å²) in [4.78, 5) is 28.7. The molecule has 3 aromatic heterocycles. The van der Waals surface area contributed by atoms with Gasteiger partial charge in [-0.3, -0.25) is 13.8 Å². The maximum atomic E-state index is 15.7. The molecule has 1 saturated heterocycles. The van der Waals surface area contributed by atoms with E-state index in [-0.39, 0.29) is 17.5 Å². The summed E-state index contributed by atoms with van der Waals surface area (Å²) in [5.74, 6) is -0.413. The summed E-state index contributed by atoms with van der Waals surface area (Å²) in [6.45, 7) is 12.2. The first-order valence-electron chi connectivity index (χ1n) is 15.2. The summed E-state index contributed by atoms with van der Waals surface area (Å²) in [5.41, 5.74) is 2.00. The van der Waals surface area contributed by atoms with Crippen LogP contribution in [0.15, 0.2) is 47.7 Å². The van der Waals surface area contributed by atoms with Crippen molar-refractivity contribution in [1.82, 2.24) is 38.9 Å². The van der Waals surface area contributed by atoms with Crippen LogP contribution in [0.3, 0.4) is 0 Å². The summed E-state index contributed by atoms with van der Waals surface area (Å²) in [5, 5.41) is 13.1. The van der Waals surface area contributed by atoms with Crippen LogP contribution in [0.4, 0.5) is 13.6 Å². The lowest BCUT2D eigenvalue weighted by molar-refractivity contribution is -0.0129. The molecule has 11 nitrogen and oxygen atoms in total. The number of carbonyl (C=O) groups excluding carboxylic acids is 1. The van der Waals surface area contributed by atoms with E-state index in [9.17, 15) is 14.0 Å². The Morgan fingerprint density at radius 2 is 1.74 bits per heavy atom. The molecule has 2 aliphatic heterocycles. The third-order valence-corrected chi connectivity index (χ3v) is 8.99. The highest BCUT2D eigenvalue weighted by atomic mass is 19.1. The molecule has 240 valence electrons. The number of nitrogens with zero attached hydrogens (tertiary/aromatic N) is 7. The van der Waals surface area contributed by atoms with E-state index in [1.807, 2.05) is 27.7 Å². The minimum Gasteiger partial charge on any atom is -0.444 e. The van der Waals surface area contributed by atoms with Gasteiger partial charge in [0.25, 0.3) is 0 Å². The topological polar surface area (TPSA) is 104 Å². The van der Waals surface area contributed by atoms with Crippen molar-refractivity contribution in [2.45, 2.75) is 58.6 Å². The molecule has 1 spiro atoms. The number of ether oxygens (including phenoxy) is 1. The zero-order chi connectivity index (χ0) is 32.9. The zero-order valence-electron chi connectivity index (χ0n) is 26.9. The highest BCUT2D eigenvalue weighted by Gasteiger charge is 2.54. The fraction of sp³-hybridized carbons (Fsp3) is 0.394. The Hall–Kier alpha value is -4.78. The van der Waals surface area contributed by atoms with E-state index in [0.29, 0.717) is 53.2 Å². The molecule has 1 amide bonds. The van der Waals surface area contributed by atoms with E-state index >= 15 is 4.39 Å². The van der Waals surface area contributed by atoms with Gasteiger partial charge in [-0.1, -0.05) is 0 Å². The monoisotopic (exact) mass is 630 g/mol. The SMILES string of the molecule is Cc1cc(-n2nc3c(c2-n2ccn(-c4ccc5c(cnn5C)c4F)c2=O)[C@H](C)NCC32CN(C(=O)OC(C)(C)C)C2)cc(C)c1F. The quantitative estimate of drug-likeness (QED) is 0.309. The number of carbonyl (C=O) groups is 1. The van der Waals surface area contributed by atoms with Crippen LogP contribution in [0, 0.1) is 25.5 Å². The number of imidazole rings is 1. The number of fused-ring (bicyclic) bond motifs is 3. The Morgan fingerprint density at radius 1 is 1.07 bits per heavy atom. The standard InChI is InChI=1S/C33H36F2N8O3/c1-18-12-21(13-19(2)26(18)34)43-29(42-11-10-41(30(42)44)24-9-8-23-22(27(24)35)14-37-39(23)7)25-20(3)36-15-33(28(25)38-43)16-40(17-33)31(45)46-32(4,5)6/h8-14,20,36H,15-17H2,1-7H3/t20-/m0/s1. The van der Waals surface area contributed by atoms with Gasteiger partial charge in [-0.2, -0.15) is 10.2 Å². The molecule has 1 atom stereocenters. The average Bonchev–Trinajstić information content (AvgIpc) is 3.66. The first-order chi connectivity index (χ1) is 21.7. The van der Waals surface area contributed by atoms with Crippen molar-refractivity contribution in [1.29, 1.82) is 0 Å². The van der Waals surface area contributed by atoms with Crippen molar-refractivity contribution >= 4 is 17.0 Å². The van der Waals surface area contributed by atoms with Gasteiger partial charge >= 0.3 is 11.8 Å². The van der Waals surface area contributed by atoms with Gasteiger partial charge in [-0.05, 0) is 76.9 Å². The summed E-state index contributed by atoms with van der Waals surface area (Å²) < 4.78 is 42.1. The highest BCUT2D eigenvalue weighted by Crippen LogP contribution is 2.44. The van der Waals surface area contributed by atoms with E-state index in [4.69, 9.17) is 9.84 Å². The van der Waals surface area contributed by atoms with Crippen LogP contribution in [0.25, 0.3) is 28.1 Å². The number of likely N-dealkylation sites (tertiary alicyclic amines) is 1. The molecule has 2 aliphatic rings. The maximum Gasteiger partial charge on any atom is 0.410 e. The van der Waals surface area contributed by atoms with Gasteiger partial charge in [0.15, 0.2) is 5.82 Å². The lowest BCUT2D eigenvalue weighted by Gasteiger charge is -2.51. The molecule has 1 fully saturated rings. The lowest BCUT2D eigenvalue weighted by Crippen LogP contribution is -2.67. The van der Waals surface area contributed by atoms with Crippen molar-refractivity contribution in [2.75, 3.05) is 19.6 Å². The van der Waals surface area contributed by atoms with Crippen LogP contribution < -0.4 is 11.0 Å². The third-order valence-electron chi connectivity index (χ3n) is 8.99. The molecular weight excluding hydrogens is 594 g/mol. The van der Waals surface area contributed by atoms with E-state index in [1.54, 1.807) is 65.6 Å². The molecular formula is C33H36F2N8O3. The van der Waals surface area contributed by atoms with Crippen molar-refractivity contribution in [3.8, 4) is 17.2 Å². The Balaban J connectivity index is 1.40. The number of benzene rings is 2. The molecule has 0 saturated carbocycles. The fourth-order valence-electron chi connectivity index (χ4n) is 6.69. The number of rotatable bonds is 3. The second-order valence-electron chi connectivity index (χ2n) is 13.5. The first kappa shape index (κ1) is 29.9. The molecule has 1 N–H and O–H groups in total. The molecule has 0 aliphatic carbocycles. The second-order valence-corrected chi connectivity index (χ2v) is 13.5. The minimum absolute atomic E-state index is 0.0901. The average molecular weight is 631 g/mol. The summed E-state index contributed by atoms with van der Waals surface area (Å²) >= 11 is 0. The molecule has 0 radical (unpaired) electrons. The summed E-state index contributed by atoms with van der Waals surface area (Å²) in [7, 11) is 1.73. The predicted octanol–water partition coefficient (Wildman–Crippen LogP) is 4.75. The van der Waals surface area contributed by atoms with Crippen LogP contribution in [0.5, 0.6) is 0 Å². The Kier molecular flexibility index (Phi) is 6.57. The summed E-state index contributed by atoms with van der Waals surface area (Å²) in [6.07, 6.45) is 4.16. The lowest BCUT2D eigenvalue weighted by atomic mass is 9.72. The van der Waals surface area contributed by atoms with Crippen molar-refractivity contribution < 1.29 is 18.3 Å². The number of aryl methyl sites for hydroxylation is 3. The first-order valence-corrected chi connectivity index (χ1v) is 15.2. The largest absolute Gasteiger partial charge is 0.444 e. The van der Waals surface area contributed by atoms with Gasteiger partial charge in [0.1, 0.15) is 17.2 Å². The summed E-state index contributed by atoms with van der Waals surface area (Å²) in [6, 6.07) is 6.45. The molecule has 5 heterocycles. The Labute approximate surface area is 264 Å². The number of halogens is 2. The highest BCUT2D eigenvalue weighted by molar-refractivity contribution is 5.81. The van der Waals surface area contributed by atoms with Gasteiger partial charge < -0.3 is 15.0 Å². The third kappa shape index (κ3) is 4.47. The van der Waals surface area contributed by atoms with Gasteiger partial charge in [0.2, 0.25) is 0 Å².